The molecule has 0 unspecified atom stereocenters. The molecule has 1 fully saturated rings. The van der Waals surface area contributed by atoms with E-state index in [1.807, 2.05) is 48.5 Å². The van der Waals surface area contributed by atoms with Gasteiger partial charge in [-0.15, -0.1) is 0 Å². The van der Waals surface area contributed by atoms with Crippen LogP contribution >= 0.6 is 0 Å². The van der Waals surface area contributed by atoms with Gasteiger partial charge in [0.25, 0.3) is 5.92 Å². The summed E-state index contributed by atoms with van der Waals surface area (Å²) in [6.07, 6.45) is 1.46. The van der Waals surface area contributed by atoms with Gasteiger partial charge in [0.2, 0.25) is 0 Å². The van der Waals surface area contributed by atoms with Gasteiger partial charge in [-0.25, -0.2) is 13.8 Å². The number of benzene rings is 2. The summed E-state index contributed by atoms with van der Waals surface area (Å²) in [6.45, 7) is -0.302. The Bertz CT molecular complexity index is 869. The predicted molar refractivity (Wildman–Crippen MR) is 94.2 cm³/mol. The number of halogens is 2. The average molecular weight is 340 g/mol. The molecule has 0 saturated carbocycles. The first-order valence-corrected chi connectivity index (χ1v) is 8.13. The van der Waals surface area contributed by atoms with Gasteiger partial charge in [-0.2, -0.15) is 0 Å². The molecule has 1 aromatic heterocycles. The highest BCUT2D eigenvalue weighted by molar-refractivity contribution is 5.69. The van der Waals surface area contributed by atoms with E-state index in [0.29, 0.717) is 5.82 Å². The summed E-state index contributed by atoms with van der Waals surface area (Å²) < 4.78 is 26.7. The van der Waals surface area contributed by atoms with Gasteiger partial charge in [-0.3, -0.25) is 0 Å². The Morgan fingerprint density at radius 1 is 0.960 bits per heavy atom. The summed E-state index contributed by atoms with van der Waals surface area (Å²) in [6, 6.07) is 15.3. The molecular weight excluding hydrogens is 322 g/mol. The SMILES string of the molecule is Nc1ccc(-c2ccc(-c3cnc([C@@H]4CC(F)(F)CN4)[nH]3)cc2)cc1. The van der Waals surface area contributed by atoms with E-state index in [9.17, 15) is 8.78 Å². The number of aromatic amines is 1. The number of nitrogen functional groups attached to an aromatic ring is 1. The number of nitrogens with one attached hydrogen (secondary N) is 2. The molecule has 128 valence electrons. The summed E-state index contributed by atoms with van der Waals surface area (Å²) in [7, 11) is 0. The Morgan fingerprint density at radius 2 is 1.56 bits per heavy atom. The minimum absolute atomic E-state index is 0.226. The van der Waals surface area contributed by atoms with Crippen LogP contribution in [0.1, 0.15) is 18.3 Å². The Balaban J connectivity index is 1.54. The number of aromatic nitrogens is 2. The second-order valence-electron chi connectivity index (χ2n) is 6.38. The highest BCUT2D eigenvalue weighted by Crippen LogP contribution is 2.33. The number of rotatable bonds is 3. The molecule has 25 heavy (non-hydrogen) atoms. The van der Waals surface area contributed by atoms with Crippen LogP contribution in [-0.4, -0.2) is 22.4 Å². The number of H-pyrrole nitrogens is 1. The van der Waals surface area contributed by atoms with Crippen molar-refractivity contribution in [3.05, 3.63) is 60.6 Å². The minimum atomic E-state index is -2.67. The summed E-state index contributed by atoms with van der Waals surface area (Å²) in [4.78, 5) is 7.42. The van der Waals surface area contributed by atoms with Gasteiger partial charge >= 0.3 is 0 Å². The molecule has 2 heterocycles. The molecule has 1 atom stereocenters. The molecular formula is C19H18F2N4. The maximum Gasteiger partial charge on any atom is 0.262 e. The fourth-order valence-electron chi connectivity index (χ4n) is 3.09. The second-order valence-corrected chi connectivity index (χ2v) is 6.38. The Morgan fingerprint density at radius 3 is 2.16 bits per heavy atom. The average Bonchev–Trinajstić information content (AvgIpc) is 3.22. The van der Waals surface area contributed by atoms with Crippen molar-refractivity contribution in [3.8, 4) is 22.4 Å². The molecule has 1 saturated heterocycles. The van der Waals surface area contributed by atoms with E-state index < -0.39 is 12.0 Å². The van der Waals surface area contributed by atoms with E-state index in [2.05, 4.69) is 15.3 Å². The molecule has 0 amide bonds. The van der Waals surface area contributed by atoms with Crippen LogP contribution in [0, 0.1) is 0 Å². The van der Waals surface area contributed by atoms with Crippen molar-refractivity contribution >= 4 is 5.69 Å². The molecule has 4 rings (SSSR count). The van der Waals surface area contributed by atoms with Gasteiger partial charge in [0.05, 0.1) is 24.5 Å². The van der Waals surface area contributed by atoms with Crippen molar-refractivity contribution in [2.24, 2.45) is 0 Å². The molecule has 3 aromatic rings. The molecule has 0 radical (unpaired) electrons. The third kappa shape index (κ3) is 3.25. The first-order valence-electron chi connectivity index (χ1n) is 8.13. The molecule has 4 nitrogen and oxygen atoms in total. The lowest BCUT2D eigenvalue weighted by Crippen LogP contribution is -2.19. The van der Waals surface area contributed by atoms with Crippen LogP contribution in [0.5, 0.6) is 0 Å². The van der Waals surface area contributed by atoms with Crippen molar-refractivity contribution in [2.75, 3.05) is 12.3 Å². The summed E-state index contributed by atoms with van der Waals surface area (Å²) in [5.74, 6) is -2.12. The normalized spacial score (nSPS) is 19.2. The Labute approximate surface area is 144 Å². The largest absolute Gasteiger partial charge is 0.399 e. The second kappa shape index (κ2) is 5.97. The zero-order valence-corrected chi connectivity index (χ0v) is 13.5. The number of hydrogen-bond acceptors (Lipinski definition) is 3. The van der Waals surface area contributed by atoms with Crippen molar-refractivity contribution in [3.63, 3.8) is 0 Å². The zero-order chi connectivity index (χ0) is 17.4. The summed E-state index contributed by atoms with van der Waals surface area (Å²) in [5.41, 5.74) is 10.4. The van der Waals surface area contributed by atoms with E-state index >= 15 is 0 Å². The number of alkyl halides is 2. The van der Waals surface area contributed by atoms with Gasteiger partial charge in [-0.05, 0) is 28.8 Å². The van der Waals surface area contributed by atoms with Crippen LogP contribution in [0.2, 0.25) is 0 Å². The molecule has 0 aliphatic carbocycles. The van der Waals surface area contributed by atoms with Crippen molar-refractivity contribution in [1.29, 1.82) is 0 Å². The maximum absolute atomic E-state index is 13.3. The lowest BCUT2D eigenvalue weighted by atomic mass is 10.0. The third-order valence-corrected chi connectivity index (χ3v) is 4.48. The molecule has 4 N–H and O–H groups in total. The quantitative estimate of drug-likeness (QED) is 0.632. The van der Waals surface area contributed by atoms with Crippen LogP contribution in [0.3, 0.4) is 0 Å². The topological polar surface area (TPSA) is 66.7 Å². The van der Waals surface area contributed by atoms with E-state index in [0.717, 1.165) is 28.1 Å². The highest BCUT2D eigenvalue weighted by Gasteiger charge is 2.40. The monoisotopic (exact) mass is 340 g/mol. The standard InChI is InChI=1S/C19H18F2N4/c20-19(21)9-16(24-11-19)18-23-10-17(25-18)14-3-1-12(2-4-14)13-5-7-15(22)8-6-13/h1-8,10,16,24H,9,11,22H2,(H,23,25)/t16-/m0/s1. The van der Waals surface area contributed by atoms with Crippen LogP contribution in [0.15, 0.2) is 54.7 Å². The van der Waals surface area contributed by atoms with E-state index in [4.69, 9.17) is 5.73 Å². The number of imidazole rings is 1. The van der Waals surface area contributed by atoms with E-state index in [1.54, 1.807) is 6.20 Å². The van der Waals surface area contributed by atoms with Gasteiger partial charge in [0, 0.05) is 12.1 Å². The maximum atomic E-state index is 13.3. The van der Waals surface area contributed by atoms with Crippen molar-refractivity contribution in [1.82, 2.24) is 15.3 Å². The molecule has 1 aliphatic heterocycles. The van der Waals surface area contributed by atoms with Crippen molar-refractivity contribution < 1.29 is 8.78 Å². The first-order chi connectivity index (χ1) is 12.0. The van der Waals surface area contributed by atoms with Crippen LogP contribution in [0.25, 0.3) is 22.4 Å². The first kappa shape index (κ1) is 15.8. The minimum Gasteiger partial charge on any atom is -0.399 e. The molecule has 0 bridgehead atoms. The molecule has 6 heteroatoms. The number of nitrogens with two attached hydrogens (primary N) is 1. The smallest absolute Gasteiger partial charge is 0.262 e. The molecule has 2 aromatic carbocycles. The van der Waals surface area contributed by atoms with Crippen LogP contribution in [-0.2, 0) is 0 Å². The number of hydrogen-bond donors (Lipinski definition) is 3. The molecule has 0 spiro atoms. The summed E-state index contributed by atoms with van der Waals surface area (Å²) >= 11 is 0. The van der Waals surface area contributed by atoms with Crippen LogP contribution in [0.4, 0.5) is 14.5 Å². The fraction of sp³-hybridized carbons (Fsp3) is 0.211. The highest BCUT2D eigenvalue weighted by atomic mass is 19.3. The van der Waals surface area contributed by atoms with Crippen molar-refractivity contribution in [2.45, 2.75) is 18.4 Å². The van der Waals surface area contributed by atoms with Gasteiger partial charge in [0.1, 0.15) is 5.82 Å². The summed E-state index contributed by atoms with van der Waals surface area (Å²) in [5, 5.41) is 2.81. The van der Waals surface area contributed by atoms with E-state index in [-0.39, 0.29) is 13.0 Å². The lowest BCUT2D eigenvalue weighted by molar-refractivity contribution is 0.0208. The Kier molecular flexibility index (Phi) is 3.77. The van der Waals surface area contributed by atoms with Crippen LogP contribution < -0.4 is 11.1 Å². The zero-order valence-electron chi connectivity index (χ0n) is 13.5. The lowest BCUT2D eigenvalue weighted by Gasteiger charge is -2.07. The number of anilines is 1. The predicted octanol–water partition coefficient (Wildman–Crippen LogP) is 4.00. The molecule has 1 aliphatic rings. The Hall–Kier alpha value is -2.73. The van der Waals surface area contributed by atoms with E-state index in [1.165, 1.54) is 0 Å². The van der Waals surface area contributed by atoms with Gasteiger partial charge < -0.3 is 16.0 Å². The van der Waals surface area contributed by atoms with Gasteiger partial charge in [0.15, 0.2) is 0 Å². The number of nitrogens with zero attached hydrogens (tertiary/aromatic N) is 1. The third-order valence-electron chi connectivity index (χ3n) is 4.48. The fourth-order valence-corrected chi connectivity index (χ4v) is 3.09. The van der Waals surface area contributed by atoms with Gasteiger partial charge in [-0.1, -0.05) is 36.4 Å².